The van der Waals surface area contributed by atoms with Crippen molar-refractivity contribution in [3.63, 3.8) is 0 Å². The Balaban J connectivity index is 1.55. The maximum atomic E-state index is 12.2. The Hall–Kier alpha value is -3.92. The Morgan fingerprint density at radius 2 is 0.929 bits per heavy atom. The van der Waals surface area contributed by atoms with Crippen LogP contribution in [0.4, 0.5) is 0 Å². The van der Waals surface area contributed by atoms with Crippen LogP contribution in [0, 0.1) is 0 Å². The zero-order chi connectivity index (χ0) is 19.3. The lowest BCUT2D eigenvalue weighted by Gasteiger charge is -2.08. The quantitative estimate of drug-likeness (QED) is 0.363. The SMILES string of the molecule is O=C(Oc1ccc2ccc(OC(=O)c3ccccc3)cc2c1)c1ccccc1. The predicted molar refractivity (Wildman–Crippen MR) is 107 cm³/mol. The van der Waals surface area contributed by atoms with E-state index in [9.17, 15) is 9.59 Å². The molecule has 0 amide bonds. The molecule has 0 saturated carbocycles. The molecule has 0 bridgehead atoms. The van der Waals surface area contributed by atoms with Gasteiger partial charge in [0.2, 0.25) is 0 Å². The molecule has 0 radical (unpaired) electrons. The lowest BCUT2D eigenvalue weighted by Crippen LogP contribution is -2.08. The molecule has 4 aromatic carbocycles. The standard InChI is InChI=1S/C24H16O4/c25-23(18-7-3-1-4-8-18)27-21-13-11-17-12-14-22(16-20(17)15-21)28-24(26)19-9-5-2-6-10-19/h1-16H. The van der Waals surface area contributed by atoms with Gasteiger partial charge in [-0.05, 0) is 59.3 Å². The first kappa shape index (κ1) is 17.5. The van der Waals surface area contributed by atoms with Gasteiger partial charge >= 0.3 is 11.9 Å². The minimum absolute atomic E-state index is 0.424. The Kier molecular flexibility index (Phi) is 4.85. The normalized spacial score (nSPS) is 10.4. The molecule has 4 nitrogen and oxygen atoms in total. The maximum absolute atomic E-state index is 12.2. The van der Waals surface area contributed by atoms with Crippen LogP contribution in [0.1, 0.15) is 20.7 Å². The number of carbonyl (C=O) groups is 2. The van der Waals surface area contributed by atoms with Gasteiger partial charge in [-0.15, -0.1) is 0 Å². The second-order valence-electron chi connectivity index (χ2n) is 6.18. The van der Waals surface area contributed by atoms with Crippen LogP contribution in [0.15, 0.2) is 97.1 Å². The van der Waals surface area contributed by atoms with E-state index in [2.05, 4.69) is 0 Å². The number of fused-ring (bicyclic) bond motifs is 1. The summed E-state index contributed by atoms with van der Waals surface area (Å²) >= 11 is 0. The molecule has 4 aromatic rings. The second-order valence-corrected chi connectivity index (χ2v) is 6.18. The molecule has 28 heavy (non-hydrogen) atoms. The summed E-state index contributed by atoms with van der Waals surface area (Å²) in [7, 11) is 0. The van der Waals surface area contributed by atoms with Crippen molar-refractivity contribution in [2.75, 3.05) is 0 Å². The molecule has 0 aliphatic heterocycles. The van der Waals surface area contributed by atoms with Crippen molar-refractivity contribution in [3.05, 3.63) is 108 Å². The average molecular weight is 368 g/mol. The summed E-state index contributed by atoms with van der Waals surface area (Å²) in [5, 5.41) is 1.75. The molecule has 0 atom stereocenters. The first-order valence-corrected chi connectivity index (χ1v) is 8.77. The monoisotopic (exact) mass is 368 g/mol. The molecule has 136 valence electrons. The van der Waals surface area contributed by atoms with E-state index in [-0.39, 0.29) is 0 Å². The third-order valence-electron chi connectivity index (χ3n) is 4.22. The highest BCUT2D eigenvalue weighted by molar-refractivity contribution is 5.93. The van der Waals surface area contributed by atoms with Gasteiger partial charge in [-0.25, -0.2) is 9.59 Å². The van der Waals surface area contributed by atoms with E-state index in [0.29, 0.717) is 22.6 Å². The van der Waals surface area contributed by atoms with Gasteiger partial charge in [-0.2, -0.15) is 0 Å². The minimum atomic E-state index is -0.424. The molecule has 0 spiro atoms. The number of ether oxygens (including phenoxy) is 2. The van der Waals surface area contributed by atoms with Gasteiger partial charge in [0, 0.05) is 0 Å². The first-order chi connectivity index (χ1) is 13.7. The van der Waals surface area contributed by atoms with Crippen LogP contribution in [0.3, 0.4) is 0 Å². The number of benzene rings is 4. The van der Waals surface area contributed by atoms with Gasteiger partial charge in [-0.1, -0.05) is 48.5 Å². The summed E-state index contributed by atoms with van der Waals surface area (Å²) in [4.78, 5) is 24.5. The van der Waals surface area contributed by atoms with Gasteiger partial charge in [0.25, 0.3) is 0 Å². The summed E-state index contributed by atoms with van der Waals surface area (Å²) in [5.41, 5.74) is 0.960. The van der Waals surface area contributed by atoms with Crippen molar-refractivity contribution in [3.8, 4) is 11.5 Å². The highest BCUT2D eigenvalue weighted by Crippen LogP contribution is 2.26. The van der Waals surface area contributed by atoms with Gasteiger partial charge in [0.05, 0.1) is 11.1 Å². The van der Waals surface area contributed by atoms with Crippen molar-refractivity contribution >= 4 is 22.7 Å². The van der Waals surface area contributed by atoms with Crippen molar-refractivity contribution in [2.24, 2.45) is 0 Å². The van der Waals surface area contributed by atoms with Crippen molar-refractivity contribution in [1.82, 2.24) is 0 Å². The van der Waals surface area contributed by atoms with Crippen LogP contribution < -0.4 is 9.47 Å². The smallest absolute Gasteiger partial charge is 0.343 e. The molecule has 0 aliphatic rings. The molecule has 0 N–H and O–H groups in total. The Morgan fingerprint density at radius 3 is 1.36 bits per heavy atom. The predicted octanol–water partition coefficient (Wildman–Crippen LogP) is 5.28. The van der Waals surface area contributed by atoms with Gasteiger partial charge in [-0.3, -0.25) is 0 Å². The summed E-state index contributed by atoms with van der Waals surface area (Å²) in [6, 6.07) is 28.3. The molecule has 0 saturated heterocycles. The Morgan fingerprint density at radius 1 is 0.500 bits per heavy atom. The molecule has 0 aromatic heterocycles. The highest BCUT2D eigenvalue weighted by atomic mass is 16.5. The van der Waals surface area contributed by atoms with E-state index < -0.39 is 11.9 Å². The fraction of sp³-hybridized carbons (Fsp3) is 0. The van der Waals surface area contributed by atoms with Crippen molar-refractivity contribution in [1.29, 1.82) is 0 Å². The van der Waals surface area contributed by atoms with E-state index in [0.717, 1.165) is 10.8 Å². The van der Waals surface area contributed by atoms with E-state index in [1.165, 1.54) is 0 Å². The lowest BCUT2D eigenvalue weighted by molar-refractivity contribution is 0.0726. The summed E-state index contributed by atoms with van der Waals surface area (Å²) in [5.74, 6) is -0.000928. The van der Waals surface area contributed by atoms with Gasteiger partial charge < -0.3 is 9.47 Å². The highest BCUT2D eigenvalue weighted by Gasteiger charge is 2.10. The summed E-state index contributed by atoms with van der Waals surface area (Å²) < 4.78 is 10.9. The molecular formula is C24H16O4. The van der Waals surface area contributed by atoms with Crippen LogP contribution in [-0.2, 0) is 0 Å². The molecule has 0 fully saturated rings. The van der Waals surface area contributed by atoms with Crippen LogP contribution in [-0.4, -0.2) is 11.9 Å². The zero-order valence-electron chi connectivity index (χ0n) is 14.9. The number of rotatable bonds is 4. The average Bonchev–Trinajstić information content (AvgIpc) is 2.74. The lowest BCUT2D eigenvalue weighted by atomic mass is 10.1. The number of carbonyl (C=O) groups excluding carboxylic acids is 2. The summed E-state index contributed by atoms with van der Waals surface area (Å²) in [6.07, 6.45) is 0. The Labute approximate surface area is 162 Å². The van der Waals surface area contributed by atoms with Crippen LogP contribution in [0.2, 0.25) is 0 Å². The second kappa shape index (κ2) is 7.76. The van der Waals surface area contributed by atoms with E-state index in [4.69, 9.17) is 9.47 Å². The first-order valence-electron chi connectivity index (χ1n) is 8.77. The molecule has 0 unspecified atom stereocenters. The van der Waals surface area contributed by atoms with E-state index in [1.807, 2.05) is 24.3 Å². The van der Waals surface area contributed by atoms with Crippen molar-refractivity contribution < 1.29 is 19.1 Å². The van der Waals surface area contributed by atoms with Gasteiger partial charge in [0.1, 0.15) is 11.5 Å². The third-order valence-corrected chi connectivity index (χ3v) is 4.22. The largest absolute Gasteiger partial charge is 0.423 e. The zero-order valence-corrected chi connectivity index (χ0v) is 14.9. The van der Waals surface area contributed by atoms with Crippen LogP contribution in [0.25, 0.3) is 10.8 Å². The third kappa shape index (κ3) is 3.91. The fourth-order valence-corrected chi connectivity index (χ4v) is 2.81. The van der Waals surface area contributed by atoms with Crippen LogP contribution >= 0.6 is 0 Å². The van der Waals surface area contributed by atoms with E-state index in [1.54, 1.807) is 72.8 Å². The topological polar surface area (TPSA) is 52.6 Å². The van der Waals surface area contributed by atoms with Gasteiger partial charge in [0.15, 0.2) is 0 Å². The van der Waals surface area contributed by atoms with E-state index >= 15 is 0 Å². The fourth-order valence-electron chi connectivity index (χ4n) is 2.81. The number of hydrogen-bond donors (Lipinski definition) is 0. The minimum Gasteiger partial charge on any atom is -0.423 e. The maximum Gasteiger partial charge on any atom is 0.343 e. The molecule has 0 heterocycles. The molecule has 4 rings (SSSR count). The Bertz CT molecular complexity index is 1050. The summed E-state index contributed by atoms with van der Waals surface area (Å²) in [6.45, 7) is 0. The molecule has 4 heteroatoms. The molecular weight excluding hydrogens is 352 g/mol. The number of esters is 2. The number of hydrogen-bond acceptors (Lipinski definition) is 4. The van der Waals surface area contributed by atoms with Crippen molar-refractivity contribution in [2.45, 2.75) is 0 Å². The molecule has 0 aliphatic carbocycles. The van der Waals surface area contributed by atoms with Crippen LogP contribution in [0.5, 0.6) is 11.5 Å².